The summed E-state index contributed by atoms with van der Waals surface area (Å²) < 4.78 is 2.30. The second-order valence-electron chi connectivity index (χ2n) is 5.11. The van der Waals surface area contributed by atoms with Gasteiger partial charge in [-0.3, -0.25) is 0 Å². The zero-order valence-electron chi connectivity index (χ0n) is 11.8. The fourth-order valence-corrected chi connectivity index (χ4v) is 3.49. The highest BCUT2D eigenvalue weighted by molar-refractivity contribution is 7.98. The number of rotatable bonds is 5. The maximum atomic E-state index is 4.35. The Morgan fingerprint density at radius 2 is 2.25 bits per heavy atom. The van der Waals surface area contributed by atoms with Gasteiger partial charge in [0.1, 0.15) is 11.6 Å². The predicted octanol–water partition coefficient (Wildman–Crippen LogP) is 2.63. The van der Waals surface area contributed by atoms with Crippen molar-refractivity contribution in [3.05, 3.63) is 41.5 Å². The van der Waals surface area contributed by atoms with Crippen LogP contribution in [0.2, 0.25) is 0 Å². The van der Waals surface area contributed by atoms with Crippen molar-refractivity contribution in [1.29, 1.82) is 0 Å². The summed E-state index contributed by atoms with van der Waals surface area (Å²) in [5, 5.41) is 11.8. The summed E-state index contributed by atoms with van der Waals surface area (Å²) in [6, 6.07) is 8.68. The van der Waals surface area contributed by atoms with Gasteiger partial charge in [-0.2, -0.15) is 0 Å². The molecule has 2 aromatic rings. The van der Waals surface area contributed by atoms with Gasteiger partial charge in [0.2, 0.25) is 0 Å². The molecule has 0 bridgehead atoms. The van der Waals surface area contributed by atoms with Gasteiger partial charge in [-0.1, -0.05) is 12.1 Å². The molecule has 0 saturated heterocycles. The SMILES string of the molecule is CNCc1cccc(SCc2nnc3n2CCCC3)c1. The lowest BCUT2D eigenvalue weighted by Gasteiger charge is -2.14. The number of nitrogens with zero attached hydrogens (tertiary/aromatic N) is 3. The molecule has 1 aromatic heterocycles. The lowest BCUT2D eigenvalue weighted by Crippen LogP contribution is -2.12. The number of benzene rings is 1. The van der Waals surface area contributed by atoms with Crippen molar-refractivity contribution in [3.63, 3.8) is 0 Å². The van der Waals surface area contributed by atoms with Gasteiger partial charge in [0.05, 0.1) is 5.75 Å². The molecule has 0 fully saturated rings. The zero-order chi connectivity index (χ0) is 13.8. The van der Waals surface area contributed by atoms with Gasteiger partial charge in [0.15, 0.2) is 0 Å². The topological polar surface area (TPSA) is 42.7 Å². The van der Waals surface area contributed by atoms with Crippen LogP contribution in [0.3, 0.4) is 0 Å². The first-order chi connectivity index (χ1) is 9.86. The Hall–Kier alpha value is -1.33. The summed E-state index contributed by atoms with van der Waals surface area (Å²) >= 11 is 1.84. The van der Waals surface area contributed by atoms with Gasteiger partial charge in [0.25, 0.3) is 0 Å². The third-order valence-corrected chi connectivity index (χ3v) is 4.57. The van der Waals surface area contributed by atoms with E-state index < -0.39 is 0 Å². The molecule has 1 aromatic carbocycles. The molecule has 0 aliphatic carbocycles. The second kappa shape index (κ2) is 6.41. The van der Waals surface area contributed by atoms with E-state index in [9.17, 15) is 0 Å². The molecule has 106 valence electrons. The third kappa shape index (κ3) is 3.04. The Morgan fingerprint density at radius 1 is 1.30 bits per heavy atom. The molecular weight excluding hydrogens is 268 g/mol. The number of hydrogen-bond donors (Lipinski definition) is 1. The number of nitrogens with one attached hydrogen (secondary N) is 1. The highest BCUT2D eigenvalue weighted by Crippen LogP contribution is 2.24. The number of aryl methyl sites for hydroxylation is 1. The first-order valence-electron chi connectivity index (χ1n) is 7.14. The Morgan fingerprint density at radius 3 is 3.15 bits per heavy atom. The molecule has 0 unspecified atom stereocenters. The molecule has 20 heavy (non-hydrogen) atoms. The van der Waals surface area contributed by atoms with Crippen molar-refractivity contribution in [2.24, 2.45) is 0 Å². The summed E-state index contributed by atoms with van der Waals surface area (Å²) in [6.45, 7) is 1.99. The molecule has 3 rings (SSSR count). The van der Waals surface area contributed by atoms with Gasteiger partial charge in [-0.05, 0) is 37.6 Å². The zero-order valence-corrected chi connectivity index (χ0v) is 12.6. The van der Waals surface area contributed by atoms with E-state index in [1.54, 1.807) is 0 Å². The van der Waals surface area contributed by atoms with Crippen LogP contribution in [0.5, 0.6) is 0 Å². The summed E-state index contributed by atoms with van der Waals surface area (Å²) in [7, 11) is 1.97. The van der Waals surface area contributed by atoms with E-state index in [-0.39, 0.29) is 0 Å². The van der Waals surface area contributed by atoms with E-state index >= 15 is 0 Å². The average Bonchev–Trinajstić information content (AvgIpc) is 2.89. The summed E-state index contributed by atoms with van der Waals surface area (Å²) in [4.78, 5) is 1.30. The van der Waals surface area contributed by atoms with Crippen LogP contribution in [0, 0.1) is 0 Å². The van der Waals surface area contributed by atoms with Crippen LogP contribution in [-0.2, 0) is 25.3 Å². The normalized spacial score (nSPS) is 14.2. The summed E-state index contributed by atoms with van der Waals surface area (Å²) in [5.41, 5.74) is 1.32. The van der Waals surface area contributed by atoms with E-state index in [1.807, 2.05) is 18.8 Å². The standard InChI is InChI=1S/C15H20N4S/c1-16-10-12-5-4-6-13(9-12)20-11-15-18-17-14-7-2-3-8-19(14)15/h4-6,9,16H,2-3,7-8,10-11H2,1H3. The van der Waals surface area contributed by atoms with Crippen LogP contribution in [0.1, 0.15) is 30.1 Å². The van der Waals surface area contributed by atoms with Gasteiger partial charge in [-0.25, -0.2) is 0 Å². The van der Waals surface area contributed by atoms with Gasteiger partial charge >= 0.3 is 0 Å². The van der Waals surface area contributed by atoms with Gasteiger partial charge in [-0.15, -0.1) is 22.0 Å². The minimum absolute atomic E-state index is 0.899. The van der Waals surface area contributed by atoms with Crippen molar-refractivity contribution in [1.82, 2.24) is 20.1 Å². The Bertz CT molecular complexity index is 579. The quantitative estimate of drug-likeness (QED) is 0.859. The molecule has 1 aliphatic rings. The second-order valence-corrected chi connectivity index (χ2v) is 6.16. The predicted molar refractivity (Wildman–Crippen MR) is 81.7 cm³/mol. The third-order valence-electron chi connectivity index (χ3n) is 3.58. The van der Waals surface area contributed by atoms with Crippen LogP contribution in [0.25, 0.3) is 0 Å². The molecule has 2 heterocycles. The number of hydrogen-bond acceptors (Lipinski definition) is 4. The number of aromatic nitrogens is 3. The molecule has 4 nitrogen and oxygen atoms in total. The first-order valence-corrected chi connectivity index (χ1v) is 8.12. The molecule has 0 atom stereocenters. The van der Waals surface area contributed by atoms with Crippen molar-refractivity contribution >= 4 is 11.8 Å². The largest absolute Gasteiger partial charge is 0.316 e. The highest BCUT2D eigenvalue weighted by atomic mass is 32.2. The maximum absolute atomic E-state index is 4.35. The Balaban J connectivity index is 1.67. The Labute approximate surface area is 124 Å². The molecule has 0 radical (unpaired) electrons. The lowest BCUT2D eigenvalue weighted by molar-refractivity contribution is 0.513. The van der Waals surface area contributed by atoms with E-state index in [0.29, 0.717) is 0 Å². The van der Waals surface area contributed by atoms with E-state index in [4.69, 9.17) is 0 Å². The van der Waals surface area contributed by atoms with Crippen LogP contribution >= 0.6 is 11.8 Å². The number of fused-ring (bicyclic) bond motifs is 1. The molecule has 0 saturated carbocycles. The van der Waals surface area contributed by atoms with Crippen LogP contribution in [0.15, 0.2) is 29.2 Å². The molecule has 1 N–H and O–H groups in total. The monoisotopic (exact) mass is 288 g/mol. The van der Waals surface area contributed by atoms with E-state index in [1.165, 1.54) is 23.3 Å². The van der Waals surface area contributed by atoms with Crippen LogP contribution in [0.4, 0.5) is 0 Å². The fraction of sp³-hybridized carbons (Fsp3) is 0.467. The minimum Gasteiger partial charge on any atom is -0.316 e. The molecular formula is C15H20N4S. The lowest BCUT2D eigenvalue weighted by atomic mass is 10.2. The molecule has 0 spiro atoms. The highest BCUT2D eigenvalue weighted by Gasteiger charge is 2.15. The van der Waals surface area contributed by atoms with E-state index in [0.717, 1.165) is 36.9 Å². The molecule has 5 heteroatoms. The summed E-state index contributed by atoms with van der Waals surface area (Å²) in [5.74, 6) is 3.18. The average molecular weight is 288 g/mol. The molecule has 0 amide bonds. The van der Waals surface area contributed by atoms with Crippen molar-refractivity contribution in [2.45, 2.75) is 43.0 Å². The van der Waals surface area contributed by atoms with Gasteiger partial charge in [0, 0.05) is 24.4 Å². The Kier molecular flexibility index (Phi) is 4.38. The minimum atomic E-state index is 0.899. The number of thioether (sulfide) groups is 1. The van der Waals surface area contributed by atoms with Crippen molar-refractivity contribution in [2.75, 3.05) is 7.05 Å². The van der Waals surface area contributed by atoms with Crippen molar-refractivity contribution in [3.8, 4) is 0 Å². The smallest absolute Gasteiger partial charge is 0.143 e. The first kappa shape index (κ1) is 13.6. The van der Waals surface area contributed by atoms with Crippen LogP contribution in [-0.4, -0.2) is 21.8 Å². The van der Waals surface area contributed by atoms with Gasteiger partial charge < -0.3 is 9.88 Å². The van der Waals surface area contributed by atoms with E-state index in [2.05, 4.69) is 44.3 Å². The summed E-state index contributed by atoms with van der Waals surface area (Å²) in [6.07, 6.45) is 3.58. The maximum Gasteiger partial charge on any atom is 0.143 e. The molecule has 1 aliphatic heterocycles. The fourth-order valence-electron chi connectivity index (χ4n) is 2.57. The van der Waals surface area contributed by atoms with Crippen molar-refractivity contribution < 1.29 is 0 Å². The van der Waals surface area contributed by atoms with Crippen LogP contribution < -0.4 is 5.32 Å².